The normalized spacial score (nSPS) is 11.7. The van der Waals surface area contributed by atoms with Crippen LogP contribution in [0.2, 0.25) is 0 Å². The minimum atomic E-state index is -3.15. The maximum absolute atomic E-state index is 5.74. The van der Waals surface area contributed by atoms with E-state index in [1.54, 1.807) is 0 Å². The lowest BCUT2D eigenvalue weighted by Crippen LogP contribution is -2.76. The molecule has 0 radical (unpaired) electrons. The van der Waals surface area contributed by atoms with Crippen LogP contribution in [0.3, 0.4) is 0 Å². The van der Waals surface area contributed by atoms with Crippen LogP contribution in [-0.2, 0) is 0 Å². The Morgan fingerprint density at radius 3 is 1.82 bits per heavy atom. The van der Waals surface area contributed by atoms with Crippen molar-refractivity contribution in [2.24, 2.45) is 0 Å². The highest BCUT2D eigenvalue weighted by Gasteiger charge is 2.46. The van der Waals surface area contributed by atoms with Gasteiger partial charge in [-0.25, -0.2) is 9.97 Å². The summed E-state index contributed by atoms with van der Waals surface area (Å²) < 4.78 is 4.73. The fraction of sp³-hybridized carbons (Fsp3) is 0.0435. The lowest BCUT2D eigenvalue weighted by atomic mass is 10.1. The third kappa shape index (κ3) is 4.97. The smallest absolute Gasteiger partial charge is 0.224 e. The Labute approximate surface area is 299 Å². The number of rotatable bonds is 7. The van der Waals surface area contributed by atoms with Gasteiger partial charge in [0.15, 0.2) is 0 Å². The van der Waals surface area contributed by atoms with Gasteiger partial charge in [-0.1, -0.05) is 140 Å². The number of aromatic nitrogens is 4. The molecular formula is C46H36N4Si. The molecule has 0 amide bonds. The Morgan fingerprint density at radius 1 is 0.529 bits per heavy atom. The van der Waals surface area contributed by atoms with Gasteiger partial charge in [0.25, 0.3) is 0 Å². The number of para-hydroxylation sites is 2. The highest BCUT2D eigenvalue weighted by molar-refractivity contribution is 7.19. The maximum atomic E-state index is 5.74. The number of nitrogens with zero attached hydrogens (tertiary/aromatic N) is 4. The predicted octanol–water partition coefficient (Wildman–Crippen LogP) is 8.03. The van der Waals surface area contributed by atoms with Gasteiger partial charge in [0.05, 0.1) is 16.9 Å². The van der Waals surface area contributed by atoms with Crippen LogP contribution in [0.4, 0.5) is 0 Å². The summed E-state index contributed by atoms with van der Waals surface area (Å²) in [4.78, 5) is 10.7. The van der Waals surface area contributed by atoms with Crippen molar-refractivity contribution in [3.05, 3.63) is 193 Å². The summed E-state index contributed by atoms with van der Waals surface area (Å²) in [6, 6.07) is 61.2. The number of hydrogen-bond acceptors (Lipinski definition) is 2. The first-order valence-corrected chi connectivity index (χ1v) is 19.4. The molecule has 0 bridgehead atoms. The highest BCUT2D eigenvalue weighted by atomic mass is 28.3. The number of pyridine rings is 1. The third-order valence-electron chi connectivity index (χ3n) is 10.2. The molecular weight excluding hydrogens is 637 g/mol. The Bertz CT molecular complexity index is 2550. The van der Waals surface area contributed by atoms with Crippen molar-refractivity contribution in [2.45, 2.75) is 13.8 Å². The zero-order valence-electron chi connectivity index (χ0n) is 28.6. The van der Waals surface area contributed by atoms with Gasteiger partial charge in [-0.05, 0) is 70.9 Å². The van der Waals surface area contributed by atoms with Crippen LogP contribution in [0.25, 0.3) is 44.6 Å². The molecule has 0 saturated carbocycles. The number of hydrogen-bond donors (Lipinski definition) is 0. The molecule has 0 aliphatic carbocycles. The van der Waals surface area contributed by atoms with Crippen LogP contribution in [-0.4, -0.2) is 27.2 Å². The second-order valence-corrected chi connectivity index (χ2v) is 16.9. The molecule has 0 spiro atoms. The Kier molecular flexibility index (Phi) is 7.56. The van der Waals surface area contributed by atoms with Crippen molar-refractivity contribution in [1.82, 2.24) is 19.1 Å². The zero-order valence-corrected chi connectivity index (χ0v) is 29.6. The monoisotopic (exact) mass is 672 g/mol. The van der Waals surface area contributed by atoms with Crippen molar-refractivity contribution >= 4 is 51.0 Å². The van der Waals surface area contributed by atoms with Gasteiger partial charge in [0.1, 0.15) is 11.1 Å². The maximum Gasteiger partial charge on any atom is 0.224 e. The van der Waals surface area contributed by atoms with Gasteiger partial charge < -0.3 is 4.57 Å². The van der Waals surface area contributed by atoms with Gasteiger partial charge in [0.2, 0.25) is 8.07 Å². The molecule has 0 aliphatic rings. The van der Waals surface area contributed by atoms with E-state index in [-0.39, 0.29) is 0 Å². The lowest BCUT2D eigenvalue weighted by Gasteiger charge is -2.34. The van der Waals surface area contributed by atoms with E-state index in [0.717, 1.165) is 38.9 Å². The average molecular weight is 673 g/mol. The number of aryl methyl sites for hydroxylation is 2. The summed E-state index contributed by atoms with van der Waals surface area (Å²) in [5.41, 5.74) is 9.88. The summed E-state index contributed by atoms with van der Waals surface area (Å²) in [7, 11) is -3.15. The molecule has 244 valence electrons. The van der Waals surface area contributed by atoms with E-state index >= 15 is 0 Å². The van der Waals surface area contributed by atoms with Crippen LogP contribution in [0.15, 0.2) is 182 Å². The molecule has 3 aromatic heterocycles. The first-order chi connectivity index (χ1) is 25.1. The molecule has 0 fully saturated rings. The molecule has 6 aromatic carbocycles. The molecule has 51 heavy (non-hydrogen) atoms. The van der Waals surface area contributed by atoms with Crippen LogP contribution < -0.4 is 21.0 Å². The van der Waals surface area contributed by atoms with E-state index in [9.17, 15) is 0 Å². The molecule has 9 aromatic rings. The van der Waals surface area contributed by atoms with Crippen LogP contribution >= 0.6 is 0 Å². The van der Waals surface area contributed by atoms with E-state index in [1.165, 1.54) is 37.8 Å². The summed E-state index contributed by atoms with van der Waals surface area (Å²) >= 11 is 0. The van der Waals surface area contributed by atoms with Crippen molar-refractivity contribution in [3.63, 3.8) is 0 Å². The summed E-state index contributed by atoms with van der Waals surface area (Å²) in [5.74, 6) is 0. The first kappa shape index (κ1) is 30.7. The second-order valence-electron chi connectivity index (χ2n) is 13.2. The topological polar surface area (TPSA) is 35.6 Å². The van der Waals surface area contributed by atoms with Gasteiger partial charge in [0, 0.05) is 34.4 Å². The molecule has 0 unspecified atom stereocenters. The minimum Gasteiger partial charge on any atom is -0.306 e. The number of benzene rings is 6. The molecule has 0 N–H and O–H groups in total. The van der Waals surface area contributed by atoms with Gasteiger partial charge in [-0.15, -0.1) is 0 Å². The van der Waals surface area contributed by atoms with Crippen molar-refractivity contribution < 1.29 is 0 Å². The van der Waals surface area contributed by atoms with E-state index in [0.29, 0.717) is 0 Å². The first-order valence-electron chi connectivity index (χ1n) is 17.4. The Balaban J connectivity index is 1.43. The fourth-order valence-corrected chi connectivity index (χ4v) is 12.6. The van der Waals surface area contributed by atoms with Crippen LogP contribution in [0.5, 0.6) is 0 Å². The van der Waals surface area contributed by atoms with E-state index in [4.69, 9.17) is 9.97 Å². The quantitative estimate of drug-likeness (QED) is 0.127. The van der Waals surface area contributed by atoms with E-state index in [1.807, 2.05) is 12.3 Å². The van der Waals surface area contributed by atoms with Crippen molar-refractivity contribution in [3.8, 4) is 22.6 Å². The largest absolute Gasteiger partial charge is 0.306 e. The van der Waals surface area contributed by atoms with Gasteiger partial charge >= 0.3 is 0 Å². The fourth-order valence-electron chi connectivity index (χ4n) is 7.95. The van der Waals surface area contributed by atoms with Crippen LogP contribution in [0.1, 0.15) is 11.1 Å². The van der Waals surface area contributed by atoms with Crippen molar-refractivity contribution in [1.29, 1.82) is 0 Å². The lowest BCUT2D eigenvalue weighted by molar-refractivity contribution is 1.06. The van der Waals surface area contributed by atoms with Crippen LogP contribution in [0, 0.1) is 13.8 Å². The third-order valence-corrected chi connectivity index (χ3v) is 14.8. The number of fused-ring (bicyclic) bond motifs is 3. The zero-order chi connectivity index (χ0) is 34.4. The SMILES string of the molecule is Cc1cccc(C)c1-n1cc(-c2ccccc2)nc1[Si](c1ccccc1)(c1ccccc1)c1cccc(-n2c3ccccc3c3cccnc32)c1. The molecule has 5 heteroatoms. The van der Waals surface area contributed by atoms with E-state index in [2.05, 4.69) is 193 Å². The van der Waals surface area contributed by atoms with Gasteiger partial charge in [-0.3, -0.25) is 4.57 Å². The molecule has 9 rings (SSSR count). The second kappa shape index (κ2) is 12.5. The highest BCUT2D eigenvalue weighted by Crippen LogP contribution is 2.31. The summed E-state index contributed by atoms with van der Waals surface area (Å²) in [5, 5.41) is 6.12. The molecule has 0 saturated heterocycles. The molecule has 4 nitrogen and oxygen atoms in total. The summed E-state index contributed by atoms with van der Waals surface area (Å²) in [6.07, 6.45) is 4.15. The minimum absolute atomic E-state index is 0.950. The Hall–Kier alpha value is -6.30. The van der Waals surface area contributed by atoms with Gasteiger partial charge in [-0.2, -0.15) is 0 Å². The average Bonchev–Trinajstić information content (AvgIpc) is 3.77. The molecule has 0 atom stereocenters. The Morgan fingerprint density at radius 2 is 1.12 bits per heavy atom. The molecule has 0 aliphatic heterocycles. The summed E-state index contributed by atoms with van der Waals surface area (Å²) in [6.45, 7) is 4.41. The molecule has 3 heterocycles. The van der Waals surface area contributed by atoms with Crippen molar-refractivity contribution in [2.75, 3.05) is 0 Å². The predicted molar refractivity (Wildman–Crippen MR) is 214 cm³/mol. The standard InChI is InChI=1S/C46H36N4Si/c1-33-17-14-18-34(2)44(33)49-32-42(35-19-6-3-7-20-35)48-46(49)51(37-22-8-4-9-23-37,38-24-10-5-11-25-38)39-26-15-21-36(31-39)50-43-29-13-12-27-40(43)41-28-16-30-47-45(41)50/h3-32H,1-2H3. The van der Waals surface area contributed by atoms with E-state index < -0.39 is 8.07 Å². The number of imidazole rings is 1.